The van der Waals surface area contributed by atoms with Crippen molar-refractivity contribution >= 4 is 12.0 Å². The fourth-order valence-electron chi connectivity index (χ4n) is 2.09. The lowest BCUT2D eigenvalue weighted by atomic mass is 9.92. The van der Waals surface area contributed by atoms with E-state index in [0.29, 0.717) is 18.7 Å². The number of carboxylic acids is 1. The Morgan fingerprint density at radius 1 is 1.18 bits per heavy atom. The molecule has 0 heterocycles. The van der Waals surface area contributed by atoms with Crippen LogP contribution < -0.4 is 5.32 Å². The van der Waals surface area contributed by atoms with E-state index in [1.807, 2.05) is 0 Å². The molecule has 0 unspecified atom stereocenters. The number of carbonyl (C=O) groups excluding carboxylic acids is 1. The number of hydrogen-bond donors (Lipinski definition) is 4. The van der Waals surface area contributed by atoms with Crippen LogP contribution in [0.25, 0.3) is 0 Å². The molecule has 1 rings (SSSR count). The molecule has 7 heteroatoms. The summed E-state index contributed by atoms with van der Waals surface area (Å²) in [5, 5.41) is 30.7. The first kappa shape index (κ1) is 17.6. The van der Waals surface area contributed by atoms with Gasteiger partial charge in [-0.25, -0.2) is 9.59 Å². The van der Waals surface area contributed by atoms with E-state index >= 15 is 0 Å². The Morgan fingerprint density at radius 3 is 2.23 bits per heavy atom. The van der Waals surface area contributed by atoms with Gasteiger partial charge in [0.1, 0.15) is 5.54 Å². The molecule has 0 fully saturated rings. The molecule has 122 valence electrons. The standard InChI is InChI=1S/C15H22N2O5/c1-4-17(5-2)14(22)16-15(3,13(20)21)9-10-6-7-11(18)12(19)8-10/h6-8,18-19H,4-5,9H2,1-3H3,(H,16,22)(H,20,21)/t15-/m0/s1. The normalized spacial score (nSPS) is 13.2. The molecular formula is C15H22N2O5. The third-order valence-electron chi connectivity index (χ3n) is 3.50. The van der Waals surface area contributed by atoms with Crippen molar-refractivity contribution in [2.24, 2.45) is 0 Å². The van der Waals surface area contributed by atoms with Gasteiger partial charge in [0.25, 0.3) is 0 Å². The molecule has 1 aromatic rings. The van der Waals surface area contributed by atoms with Gasteiger partial charge in [-0.15, -0.1) is 0 Å². The van der Waals surface area contributed by atoms with Gasteiger partial charge in [-0.2, -0.15) is 0 Å². The number of carboxylic acid groups (broad SMARTS) is 1. The van der Waals surface area contributed by atoms with Gasteiger partial charge in [-0.1, -0.05) is 6.07 Å². The summed E-state index contributed by atoms with van der Waals surface area (Å²) in [5.74, 6) is -1.80. The van der Waals surface area contributed by atoms with Crippen LogP contribution in [0, 0.1) is 0 Å². The average molecular weight is 310 g/mol. The Balaban J connectivity index is 2.98. The van der Waals surface area contributed by atoms with Crippen molar-refractivity contribution < 1.29 is 24.9 Å². The first-order valence-corrected chi connectivity index (χ1v) is 7.04. The van der Waals surface area contributed by atoms with E-state index in [4.69, 9.17) is 0 Å². The molecule has 0 aromatic heterocycles. The second kappa shape index (κ2) is 7.02. The number of benzene rings is 1. The first-order valence-electron chi connectivity index (χ1n) is 7.04. The molecule has 0 radical (unpaired) electrons. The number of phenolic OH excluding ortho intramolecular Hbond substituents is 2. The summed E-state index contributed by atoms with van der Waals surface area (Å²) in [6.45, 7) is 5.95. The monoisotopic (exact) mass is 310 g/mol. The molecule has 0 saturated heterocycles. The third kappa shape index (κ3) is 4.03. The number of nitrogens with one attached hydrogen (secondary N) is 1. The maximum Gasteiger partial charge on any atom is 0.329 e. The molecule has 1 aromatic carbocycles. The van der Waals surface area contributed by atoms with Gasteiger partial charge in [-0.05, 0) is 38.5 Å². The molecule has 0 saturated carbocycles. The van der Waals surface area contributed by atoms with Crippen molar-refractivity contribution in [3.8, 4) is 11.5 Å². The highest BCUT2D eigenvalue weighted by Crippen LogP contribution is 2.27. The Labute approximate surface area is 129 Å². The van der Waals surface area contributed by atoms with E-state index in [0.717, 1.165) is 0 Å². The molecule has 22 heavy (non-hydrogen) atoms. The molecule has 0 spiro atoms. The molecule has 0 bridgehead atoms. The number of urea groups is 1. The van der Waals surface area contributed by atoms with Crippen LogP contribution in [0.1, 0.15) is 26.3 Å². The van der Waals surface area contributed by atoms with Crippen molar-refractivity contribution in [2.45, 2.75) is 32.7 Å². The maximum absolute atomic E-state index is 12.1. The predicted octanol–water partition coefficient (Wildman–Crippen LogP) is 1.53. The summed E-state index contributed by atoms with van der Waals surface area (Å²) in [6.07, 6.45) is -0.0246. The lowest BCUT2D eigenvalue weighted by molar-refractivity contribution is -0.143. The zero-order valence-electron chi connectivity index (χ0n) is 13.0. The average Bonchev–Trinajstić information content (AvgIpc) is 2.44. The molecular weight excluding hydrogens is 288 g/mol. The second-order valence-electron chi connectivity index (χ2n) is 5.24. The fourth-order valence-corrected chi connectivity index (χ4v) is 2.09. The number of aromatic hydroxyl groups is 2. The molecule has 0 aliphatic rings. The van der Waals surface area contributed by atoms with Gasteiger partial charge in [0.15, 0.2) is 11.5 Å². The molecule has 7 nitrogen and oxygen atoms in total. The van der Waals surface area contributed by atoms with Gasteiger partial charge in [0.2, 0.25) is 0 Å². The number of amides is 2. The Bertz CT molecular complexity index is 557. The Kier molecular flexibility index (Phi) is 5.62. The molecule has 2 amide bonds. The summed E-state index contributed by atoms with van der Waals surface area (Å²) in [4.78, 5) is 25.1. The minimum atomic E-state index is -1.52. The van der Waals surface area contributed by atoms with E-state index in [9.17, 15) is 24.9 Å². The summed E-state index contributed by atoms with van der Waals surface area (Å²) in [5.41, 5.74) is -1.04. The summed E-state index contributed by atoms with van der Waals surface area (Å²) < 4.78 is 0. The van der Waals surface area contributed by atoms with Gasteiger partial charge in [-0.3, -0.25) is 0 Å². The highest BCUT2D eigenvalue weighted by molar-refractivity contribution is 5.86. The minimum absolute atomic E-state index is 0.0246. The number of aliphatic carboxylic acids is 1. The SMILES string of the molecule is CCN(CC)C(=O)N[C@@](C)(Cc1ccc(O)c(O)c1)C(=O)O. The predicted molar refractivity (Wildman–Crippen MR) is 81.0 cm³/mol. The van der Waals surface area contributed by atoms with Gasteiger partial charge in [0.05, 0.1) is 0 Å². The van der Waals surface area contributed by atoms with E-state index < -0.39 is 17.5 Å². The zero-order chi connectivity index (χ0) is 16.9. The van der Waals surface area contributed by atoms with Gasteiger partial charge < -0.3 is 25.5 Å². The van der Waals surface area contributed by atoms with Crippen LogP contribution in [0.3, 0.4) is 0 Å². The third-order valence-corrected chi connectivity index (χ3v) is 3.50. The number of hydrogen-bond acceptors (Lipinski definition) is 4. The highest BCUT2D eigenvalue weighted by atomic mass is 16.4. The van der Waals surface area contributed by atoms with Crippen LogP contribution in [0.5, 0.6) is 11.5 Å². The topological polar surface area (TPSA) is 110 Å². The van der Waals surface area contributed by atoms with Crippen LogP contribution in [0.4, 0.5) is 4.79 Å². The largest absolute Gasteiger partial charge is 0.504 e. The van der Waals surface area contributed by atoms with Crippen LogP contribution in [-0.4, -0.2) is 50.8 Å². The lowest BCUT2D eigenvalue weighted by Crippen LogP contribution is -2.57. The van der Waals surface area contributed by atoms with Crippen molar-refractivity contribution in [2.75, 3.05) is 13.1 Å². The number of carbonyl (C=O) groups is 2. The lowest BCUT2D eigenvalue weighted by Gasteiger charge is -2.30. The highest BCUT2D eigenvalue weighted by Gasteiger charge is 2.36. The van der Waals surface area contributed by atoms with Crippen LogP contribution >= 0.6 is 0 Å². The molecule has 4 N–H and O–H groups in total. The van der Waals surface area contributed by atoms with Gasteiger partial charge in [0, 0.05) is 19.5 Å². The number of phenols is 2. The second-order valence-corrected chi connectivity index (χ2v) is 5.24. The quantitative estimate of drug-likeness (QED) is 0.596. The molecule has 0 aliphatic heterocycles. The maximum atomic E-state index is 12.1. The zero-order valence-corrected chi connectivity index (χ0v) is 13.0. The van der Waals surface area contributed by atoms with Crippen molar-refractivity contribution in [3.63, 3.8) is 0 Å². The number of rotatable bonds is 6. The van der Waals surface area contributed by atoms with E-state index in [2.05, 4.69) is 5.32 Å². The van der Waals surface area contributed by atoms with Crippen molar-refractivity contribution in [1.29, 1.82) is 0 Å². The smallest absolute Gasteiger partial charge is 0.329 e. The van der Waals surface area contributed by atoms with E-state index in [1.165, 1.54) is 30.0 Å². The first-order chi connectivity index (χ1) is 10.2. The van der Waals surface area contributed by atoms with Crippen LogP contribution in [-0.2, 0) is 11.2 Å². The van der Waals surface area contributed by atoms with Crippen molar-refractivity contribution in [1.82, 2.24) is 10.2 Å². The molecule has 1 atom stereocenters. The number of nitrogens with zero attached hydrogens (tertiary/aromatic N) is 1. The summed E-state index contributed by atoms with van der Waals surface area (Å²) >= 11 is 0. The van der Waals surface area contributed by atoms with Crippen LogP contribution in [0.15, 0.2) is 18.2 Å². The van der Waals surface area contributed by atoms with Gasteiger partial charge >= 0.3 is 12.0 Å². The van der Waals surface area contributed by atoms with Crippen LogP contribution in [0.2, 0.25) is 0 Å². The Morgan fingerprint density at radius 2 is 1.77 bits per heavy atom. The summed E-state index contributed by atoms with van der Waals surface area (Å²) in [6, 6.07) is 3.59. The minimum Gasteiger partial charge on any atom is -0.504 e. The fraction of sp³-hybridized carbons (Fsp3) is 0.467. The molecule has 0 aliphatic carbocycles. The van der Waals surface area contributed by atoms with E-state index in [-0.39, 0.29) is 17.9 Å². The van der Waals surface area contributed by atoms with Crippen molar-refractivity contribution in [3.05, 3.63) is 23.8 Å². The Hall–Kier alpha value is -2.44. The summed E-state index contributed by atoms with van der Waals surface area (Å²) in [7, 11) is 0. The van der Waals surface area contributed by atoms with E-state index in [1.54, 1.807) is 13.8 Å².